The molecule has 1 aliphatic heterocycles. The zero-order chi connectivity index (χ0) is 25.8. The minimum Gasteiger partial charge on any atom is -0.463 e. The lowest BCUT2D eigenvalue weighted by atomic mass is 9.78. The maximum absolute atomic E-state index is 13.2. The monoisotopic (exact) mass is 503 g/mol. The Labute approximate surface area is 214 Å². The molecule has 0 saturated carbocycles. The lowest BCUT2D eigenvalue weighted by Gasteiger charge is -2.31. The van der Waals surface area contributed by atoms with Crippen molar-refractivity contribution in [1.82, 2.24) is 10.3 Å². The number of nitrogen functional groups attached to an aromatic ring is 1. The number of esters is 2. The number of aromatic nitrogens is 1. The molecule has 0 atom stereocenters. The van der Waals surface area contributed by atoms with Crippen LogP contribution in [0.4, 0.5) is 5.69 Å². The third-order valence-electron chi connectivity index (χ3n) is 5.94. The third-order valence-corrected chi connectivity index (χ3v) is 6.82. The van der Waals surface area contributed by atoms with E-state index in [1.807, 2.05) is 67.8 Å². The number of allylic oxidation sites excluding steroid dienone is 2. The van der Waals surface area contributed by atoms with Crippen LogP contribution >= 0.6 is 11.3 Å². The highest BCUT2D eigenvalue weighted by Gasteiger charge is 2.39. The summed E-state index contributed by atoms with van der Waals surface area (Å²) in [5.74, 6) is -1.63. The Kier molecular flexibility index (Phi) is 7.55. The normalized spacial score (nSPS) is 14.0. The summed E-state index contributed by atoms with van der Waals surface area (Å²) >= 11 is 1.49. The number of nitrogens with zero attached hydrogens (tertiary/aromatic N) is 1. The molecule has 0 unspecified atom stereocenters. The Hall–Kier alpha value is -3.91. The molecule has 7 nitrogen and oxygen atoms in total. The second-order valence-corrected chi connectivity index (χ2v) is 9.19. The first kappa shape index (κ1) is 25.2. The van der Waals surface area contributed by atoms with Crippen molar-refractivity contribution in [2.45, 2.75) is 33.6 Å². The molecule has 1 aromatic heterocycles. The van der Waals surface area contributed by atoms with Crippen LogP contribution < -0.4 is 11.1 Å². The number of nitrogens with two attached hydrogens (primary N) is 1. The molecule has 4 rings (SSSR count). The summed E-state index contributed by atoms with van der Waals surface area (Å²) in [4.78, 5) is 31.2. The summed E-state index contributed by atoms with van der Waals surface area (Å²) in [6, 6.07) is 15.3. The van der Waals surface area contributed by atoms with Gasteiger partial charge in [-0.2, -0.15) is 0 Å². The number of anilines is 1. The molecule has 36 heavy (non-hydrogen) atoms. The SMILES string of the molecule is CCOC(=O)C1=C(C)NC(C)=C(C(=O)OCC)C1c1ccccc1-c1nc(-c2cccc(N)c2)cs1. The van der Waals surface area contributed by atoms with Gasteiger partial charge in [0.1, 0.15) is 5.01 Å². The fraction of sp³-hybridized carbons (Fsp3) is 0.250. The van der Waals surface area contributed by atoms with Crippen molar-refractivity contribution < 1.29 is 19.1 Å². The van der Waals surface area contributed by atoms with Gasteiger partial charge in [0.2, 0.25) is 0 Å². The smallest absolute Gasteiger partial charge is 0.336 e. The van der Waals surface area contributed by atoms with E-state index < -0.39 is 17.9 Å². The maximum Gasteiger partial charge on any atom is 0.336 e. The van der Waals surface area contributed by atoms with E-state index >= 15 is 0 Å². The van der Waals surface area contributed by atoms with E-state index in [0.717, 1.165) is 27.4 Å². The van der Waals surface area contributed by atoms with Gasteiger partial charge in [-0.1, -0.05) is 36.4 Å². The number of nitrogens with one attached hydrogen (secondary N) is 1. The van der Waals surface area contributed by atoms with Gasteiger partial charge in [-0.3, -0.25) is 0 Å². The number of thiazole rings is 1. The highest BCUT2D eigenvalue weighted by molar-refractivity contribution is 7.13. The number of benzene rings is 2. The molecule has 0 aliphatic carbocycles. The molecule has 2 aromatic carbocycles. The first-order valence-corrected chi connectivity index (χ1v) is 12.7. The van der Waals surface area contributed by atoms with Crippen molar-refractivity contribution in [2.75, 3.05) is 18.9 Å². The minimum atomic E-state index is -0.680. The summed E-state index contributed by atoms with van der Waals surface area (Å²) < 4.78 is 10.8. The number of carbonyl (C=O) groups is 2. The molecule has 3 aromatic rings. The second kappa shape index (κ2) is 10.8. The summed E-state index contributed by atoms with van der Waals surface area (Å²) in [5.41, 5.74) is 12.0. The molecule has 3 N–H and O–H groups in total. The Bertz CT molecular complexity index is 1330. The van der Waals surface area contributed by atoms with Crippen LogP contribution in [0.25, 0.3) is 21.8 Å². The lowest BCUT2D eigenvalue weighted by Crippen LogP contribution is -2.32. The third kappa shape index (κ3) is 4.90. The van der Waals surface area contributed by atoms with Crippen molar-refractivity contribution in [3.63, 3.8) is 0 Å². The van der Waals surface area contributed by atoms with Crippen LogP contribution in [-0.4, -0.2) is 30.1 Å². The molecule has 186 valence electrons. The van der Waals surface area contributed by atoms with E-state index in [1.54, 1.807) is 13.8 Å². The minimum absolute atomic E-state index is 0.220. The number of dihydropyridines is 1. The molecular weight excluding hydrogens is 474 g/mol. The van der Waals surface area contributed by atoms with Gasteiger partial charge in [0, 0.05) is 33.6 Å². The predicted octanol–water partition coefficient (Wildman–Crippen LogP) is 5.42. The fourth-order valence-electron chi connectivity index (χ4n) is 4.44. The maximum atomic E-state index is 13.2. The van der Waals surface area contributed by atoms with Gasteiger partial charge in [0.25, 0.3) is 0 Å². The first-order valence-electron chi connectivity index (χ1n) is 11.8. The summed E-state index contributed by atoms with van der Waals surface area (Å²) in [6.07, 6.45) is 0. The van der Waals surface area contributed by atoms with Crippen LogP contribution in [0.15, 0.2) is 76.5 Å². The highest BCUT2D eigenvalue weighted by Crippen LogP contribution is 2.44. The number of rotatable bonds is 7. The molecule has 0 saturated heterocycles. The van der Waals surface area contributed by atoms with Crippen LogP contribution in [0.3, 0.4) is 0 Å². The van der Waals surface area contributed by atoms with Crippen molar-refractivity contribution in [1.29, 1.82) is 0 Å². The van der Waals surface area contributed by atoms with E-state index in [0.29, 0.717) is 28.2 Å². The van der Waals surface area contributed by atoms with Gasteiger partial charge >= 0.3 is 11.9 Å². The first-order chi connectivity index (χ1) is 17.3. The average Bonchev–Trinajstić information content (AvgIpc) is 3.34. The van der Waals surface area contributed by atoms with Crippen molar-refractivity contribution in [3.8, 4) is 21.8 Å². The summed E-state index contributed by atoms with van der Waals surface area (Å²) in [7, 11) is 0. The zero-order valence-corrected chi connectivity index (χ0v) is 21.6. The van der Waals surface area contributed by atoms with Crippen LogP contribution in [0.1, 0.15) is 39.2 Å². The van der Waals surface area contributed by atoms with E-state index in [-0.39, 0.29) is 13.2 Å². The standard InChI is InChI=1S/C28H29N3O4S/c1-5-34-27(32)23-16(3)30-17(4)24(28(33)35-6-2)25(23)20-12-7-8-13-21(20)26-31-22(15-36-26)18-10-9-11-19(29)14-18/h7-15,25,30H,5-6,29H2,1-4H3. The molecule has 0 amide bonds. The van der Waals surface area contributed by atoms with Gasteiger partial charge < -0.3 is 20.5 Å². The number of hydrogen-bond acceptors (Lipinski definition) is 8. The van der Waals surface area contributed by atoms with Gasteiger partial charge in [0.15, 0.2) is 0 Å². The van der Waals surface area contributed by atoms with Crippen LogP contribution in [0.5, 0.6) is 0 Å². The second-order valence-electron chi connectivity index (χ2n) is 8.33. The zero-order valence-electron chi connectivity index (χ0n) is 20.8. The Morgan fingerprint density at radius 3 is 2.22 bits per heavy atom. The number of hydrogen-bond donors (Lipinski definition) is 2. The molecule has 0 radical (unpaired) electrons. The van der Waals surface area contributed by atoms with E-state index in [9.17, 15) is 9.59 Å². The Morgan fingerprint density at radius 1 is 0.972 bits per heavy atom. The van der Waals surface area contributed by atoms with E-state index in [4.69, 9.17) is 20.2 Å². The van der Waals surface area contributed by atoms with Gasteiger partial charge in [0.05, 0.1) is 36.0 Å². The number of ether oxygens (including phenoxy) is 2. The van der Waals surface area contributed by atoms with Crippen LogP contribution in [0, 0.1) is 0 Å². The Morgan fingerprint density at radius 2 is 1.61 bits per heavy atom. The van der Waals surface area contributed by atoms with Gasteiger partial charge in [-0.05, 0) is 45.4 Å². The van der Waals surface area contributed by atoms with E-state index in [2.05, 4.69) is 5.32 Å². The van der Waals surface area contributed by atoms with Crippen molar-refractivity contribution in [2.24, 2.45) is 0 Å². The van der Waals surface area contributed by atoms with Crippen molar-refractivity contribution in [3.05, 3.63) is 82.0 Å². The summed E-state index contributed by atoms with van der Waals surface area (Å²) in [6.45, 7) is 7.58. The predicted molar refractivity (Wildman–Crippen MR) is 142 cm³/mol. The molecule has 0 spiro atoms. The molecule has 2 heterocycles. The molecule has 1 aliphatic rings. The lowest BCUT2D eigenvalue weighted by molar-refractivity contribution is -0.139. The fourth-order valence-corrected chi connectivity index (χ4v) is 5.31. The quantitative estimate of drug-likeness (QED) is 0.328. The van der Waals surface area contributed by atoms with Gasteiger partial charge in [-0.15, -0.1) is 11.3 Å². The topological polar surface area (TPSA) is 104 Å². The van der Waals surface area contributed by atoms with Gasteiger partial charge in [-0.25, -0.2) is 14.6 Å². The molecule has 8 heteroatoms. The number of carbonyl (C=O) groups excluding carboxylic acids is 2. The largest absolute Gasteiger partial charge is 0.463 e. The van der Waals surface area contributed by atoms with Crippen LogP contribution in [-0.2, 0) is 19.1 Å². The average molecular weight is 504 g/mol. The van der Waals surface area contributed by atoms with Crippen molar-refractivity contribution >= 4 is 29.0 Å². The molecule has 0 bridgehead atoms. The van der Waals surface area contributed by atoms with E-state index in [1.165, 1.54) is 11.3 Å². The molecule has 0 fully saturated rings. The highest BCUT2D eigenvalue weighted by atomic mass is 32.1. The molecular formula is C28H29N3O4S. The van der Waals surface area contributed by atoms with Crippen LogP contribution in [0.2, 0.25) is 0 Å². The Balaban J connectivity index is 1.88. The summed E-state index contributed by atoms with van der Waals surface area (Å²) in [5, 5.41) is 5.92.